The van der Waals surface area contributed by atoms with E-state index in [0.29, 0.717) is 6.54 Å². The average Bonchev–Trinajstić information content (AvgIpc) is 2.75. The summed E-state index contributed by atoms with van der Waals surface area (Å²) in [6.07, 6.45) is 2.91. The van der Waals surface area contributed by atoms with Crippen molar-refractivity contribution in [2.24, 2.45) is 0 Å². The number of ether oxygens (including phenoxy) is 5. The lowest BCUT2D eigenvalue weighted by Gasteiger charge is -2.18. The first-order chi connectivity index (χ1) is 15.1. The second-order valence-electron chi connectivity index (χ2n) is 6.47. The quantitative estimate of drug-likeness (QED) is 0.158. The highest BCUT2D eigenvalue weighted by Crippen LogP contribution is 2.04. The molecule has 32 heavy (non-hydrogen) atoms. The largest absolute Gasteiger partial charge is 0.508 e. The molecule has 0 aliphatic carbocycles. The number of esters is 3. The molecule has 0 saturated heterocycles. The van der Waals surface area contributed by atoms with Crippen LogP contribution in [0.3, 0.4) is 0 Å². The van der Waals surface area contributed by atoms with Crippen molar-refractivity contribution < 1.29 is 42.9 Å². The van der Waals surface area contributed by atoms with Crippen molar-refractivity contribution in [2.75, 3.05) is 33.0 Å². The standard InChI is InChI=1S/C22H31NO9/c1-7-10-23(8-2)11-9-19(24)30-14-18(15-31-21(26)17(5)6)32-22(27)29-13-12-28-20(25)16(3)4/h7-8,10,18H,2-3,5,9,11-15H2,1,4,6H3/b10-7-. The van der Waals surface area contributed by atoms with E-state index in [2.05, 4.69) is 19.7 Å². The van der Waals surface area contributed by atoms with E-state index in [4.69, 9.17) is 23.7 Å². The van der Waals surface area contributed by atoms with Crippen LogP contribution in [0.4, 0.5) is 4.79 Å². The Morgan fingerprint density at radius 2 is 1.47 bits per heavy atom. The Morgan fingerprint density at radius 1 is 0.906 bits per heavy atom. The molecule has 0 aromatic carbocycles. The third-order valence-corrected chi connectivity index (χ3v) is 3.48. The summed E-state index contributed by atoms with van der Waals surface area (Å²) in [5.74, 6) is -1.87. The summed E-state index contributed by atoms with van der Waals surface area (Å²) in [5, 5.41) is 0. The number of rotatable bonds is 15. The number of allylic oxidation sites excluding steroid dienone is 1. The van der Waals surface area contributed by atoms with Crippen LogP contribution in [-0.2, 0) is 38.1 Å². The van der Waals surface area contributed by atoms with Gasteiger partial charge in [-0.05, 0) is 33.2 Å². The van der Waals surface area contributed by atoms with Gasteiger partial charge in [-0.3, -0.25) is 4.79 Å². The lowest BCUT2D eigenvalue weighted by atomic mass is 10.3. The predicted octanol–water partition coefficient (Wildman–Crippen LogP) is 2.66. The van der Waals surface area contributed by atoms with Gasteiger partial charge in [0, 0.05) is 17.7 Å². The summed E-state index contributed by atoms with van der Waals surface area (Å²) in [4.78, 5) is 48.4. The van der Waals surface area contributed by atoms with E-state index in [0.717, 1.165) is 0 Å². The molecule has 0 aromatic rings. The number of carbonyl (C=O) groups is 4. The topological polar surface area (TPSA) is 118 Å². The molecule has 0 aliphatic heterocycles. The maximum Gasteiger partial charge on any atom is 0.508 e. The third kappa shape index (κ3) is 13.6. The lowest BCUT2D eigenvalue weighted by molar-refractivity contribution is -0.151. The Bertz CT molecular complexity index is 727. The van der Waals surface area contributed by atoms with Crippen molar-refractivity contribution in [3.8, 4) is 0 Å². The van der Waals surface area contributed by atoms with E-state index in [1.54, 1.807) is 23.4 Å². The number of hydrogen-bond acceptors (Lipinski definition) is 10. The van der Waals surface area contributed by atoms with Crippen molar-refractivity contribution in [2.45, 2.75) is 33.3 Å². The second kappa shape index (κ2) is 16.2. The second-order valence-corrected chi connectivity index (χ2v) is 6.47. The molecule has 178 valence electrons. The highest BCUT2D eigenvalue weighted by atomic mass is 16.7. The van der Waals surface area contributed by atoms with Crippen molar-refractivity contribution in [1.29, 1.82) is 0 Å². The van der Waals surface area contributed by atoms with Crippen molar-refractivity contribution in [1.82, 2.24) is 4.90 Å². The summed E-state index contributed by atoms with van der Waals surface area (Å²) in [7, 11) is 0. The summed E-state index contributed by atoms with van der Waals surface area (Å²) < 4.78 is 24.7. The summed E-state index contributed by atoms with van der Waals surface area (Å²) in [6.45, 7) is 14.4. The van der Waals surface area contributed by atoms with Gasteiger partial charge >= 0.3 is 24.1 Å². The Labute approximate surface area is 188 Å². The van der Waals surface area contributed by atoms with Gasteiger partial charge < -0.3 is 28.6 Å². The van der Waals surface area contributed by atoms with E-state index in [1.165, 1.54) is 13.8 Å². The maximum absolute atomic E-state index is 12.0. The normalized spacial score (nSPS) is 11.1. The van der Waals surface area contributed by atoms with Gasteiger partial charge in [0.15, 0.2) is 6.10 Å². The molecular weight excluding hydrogens is 422 g/mol. The van der Waals surface area contributed by atoms with Crippen LogP contribution in [0.2, 0.25) is 0 Å². The zero-order valence-electron chi connectivity index (χ0n) is 18.8. The predicted molar refractivity (Wildman–Crippen MR) is 115 cm³/mol. The van der Waals surface area contributed by atoms with Crippen LogP contribution in [0, 0.1) is 0 Å². The van der Waals surface area contributed by atoms with Crippen molar-refractivity contribution in [3.63, 3.8) is 0 Å². The number of hydrogen-bond donors (Lipinski definition) is 0. The van der Waals surface area contributed by atoms with Crippen molar-refractivity contribution in [3.05, 3.63) is 49.4 Å². The molecule has 0 N–H and O–H groups in total. The van der Waals surface area contributed by atoms with Gasteiger partial charge in [-0.1, -0.05) is 25.8 Å². The van der Waals surface area contributed by atoms with E-state index < -0.39 is 30.2 Å². The highest BCUT2D eigenvalue weighted by molar-refractivity contribution is 5.87. The first kappa shape index (κ1) is 28.4. The Kier molecular flexibility index (Phi) is 14.4. The summed E-state index contributed by atoms with van der Waals surface area (Å²) >= 11 is 0. The van der Waals surface area contributed by atoms with Crippen LogP contribution in [0.25, 0.3) is 0 Å². The molecule has 0 heterocycles. The zero-order chi connectivity index (χ0) is 24.5. The lowest BCUT2D eigenvalue weighted by Crippen LogP contribution is -2.32. The van der Waals surface area contributed by atoms with Crippen LogP contribution in [0.5, 0.6) is 0 Å². The Morgan fingerprint density at radius 3 is 2.03 bits per heavy atom. The van der Waals surface area contributed by atoms with Crippen LogP contribution in [0.1, 0.15) is 27.2 Å². The monoisotopic (exact) mass is 453 g/mol. The minimum absolute atomic E-state index is 0.0488. The molecule has 0 aromatic heterocycles. The van der Waals surface area contributed by atoms with E-state index in [1.807, 2.05) is 6.92 Å². The number of nitrogens with zero attached hydrogens (tertiary/aromatic N) is 1. The van der Waals surface area contributed by atoms with Gasteiger partial charge in [0.1, 0.15) is 26.4 Å². The fourth-order valence-electron chi connectivity index (χ4n) is 1.86. The first-order valence-electron chi connectivity index (χ1n) is 9.76. The molecule has 0 rings (SSSR count). The van der Waals surface area contributed by atoms with Gasteiger partial charge in [-0.15, -0.1) is 0 Å². The molecule has 0 radical (unpaired) electrons. The van der Waals surface area contributed by atoms with E-state index in [9.17, 15) is 19.2 Å². The average molecular weight is 453 g/mol. The first-order valence-corrected chi connectivity index (χ1v) is 9.76. The molecular formula is C22H31NO9. The Hall–Kier alpha value is -3.56. The van der Waals surface area contributed by atoms with Gasteiger partial charge in [0.05, 0.1) is 6.42 Å². The zero-order valence-corrected chi connectivity index (χ0v) is 18.8. The highest BCUT2D eigenvalue weighted by Gasteiger charge is 2.21. The van der Waals surface area contributed by atoms with Gasteiger partial charge in [0.25, 0.3) is 0 Å². The molecule has 0 amide bonds. The van der Waals surface area contributed by atoms with Crippen LogP contribution >= 0.6 is 0 Å². The number of carbonyl (C=O) groups excluding carboxylic acids is 4. The molecule has 0 bridgehead atoms. The van der Waals surface area contributed by atoms with E-state index in [-0.39, 0.29) is 44.0 Å². The fourth-order valence-corrected chi connectivity index (χ4v) is 1.86. The molecule has 10 nitrogen and oxygen atoms in total. The minimum atomic E-state index is -1.12. The van der Waals surface area contributed by atoms with Crippen LogP contribution in [-0.4, -0.2) is 68.0 Å². The fraction of sp³-hybridized carbons (Fsp3) is 0.455. The summed E-state index contributed by atoms with van der Waals surface area (Å²) in [6, 6.07) is 0. The summed E-state index contributed by atoms with van der Waals surface area (Å²) in [5.41, 5.74) is 0.354. The van der Waals surface area contributed by atoms with E-state index >= 15 is 0 Å². The molecule has 1 atom stereocenters. The van der Waals surface area contributed by atoms with Crippen LogP contribution in [0.15, 0.2) is 49.4 Å². The molecule has 0 spiro atoms. The van der Waals surface area contributed by atoms with Gasteiger partial charge in [0.2, 0.25) is 0 Å². The maximum atomic E-state index is 12.0. The molecule has 1 unspecified atom stereocenters. The molecule has 10 heteroatoms. The Balaban J connectivity index is 4.64. The minimum Gasteiger partial charge on any atom is -0.462 e. The van der Waals surface area contributed by atoms with Crippen molar-refractivity contribution >= 4 is 24.1 Å². The third-order valence-electron chi connectivity index (χ3n) is 3.48. The molecule has 0 aliphatic rings. The van der Waals surface area contributed by atoms with Gasteiger partial charge in [-0.2, -0.15) is 0 Å². The van der Waals surface area contributed by atoms with Gasteiger partial charge in [-0.25, -0.2) is 14.4 Å². The smallest absolute Gasteiger partial charge is 0.462 e. The van der Waals surface area contributed by atoms with Crippen LogP contribution < -0.4 is 0 Å². The SMILES string of the molecule is C=CN(/C=C\C)CCC(=O)OCC(COC(=O)C(=C)C)OC(=O)OCCOC(=O)C(=C)C. The molecule has 0 fully saturated rings. The molecule has 0 saturated carbocycles.